The second-order valence-electron chi connectivity index (χ2n) is 11.1. The summed E-state index contributed by atoms with van der Waals surface area (Å²) in [6.07, 6.45) is 7.08. The van der Waals surface area contributed by atoms with E-state index in [0.717, 1.165) is 46.6 Å². The molecule has 4 atom stereocenters. The molecule has 2 aliphatic rings. The normalized spacial score (nSPS) is 23.6. The summed E-state index contributed by atoms with van der Waals surface area (Å²) in [5.74, 6) is 2.13. The summed E-state index contributed by atoms with van der Waals surface area (Å²) in [6.45, 7) is 4.50. The number of fused-ring (bicyclic) bond motifs is 2. The first-order chi connectivity index (χ1) is 18.7. The van der Waals surface area contributed by atoms with Crippen molar-refractivity contribution in [3.05, 3.63) is 72.3 Å². The average Bonchev–Trinajstić information content (AvgIpc) is 3.77. The molecule has 4 heterocycles. The summed E-state index contributed by atoms with van der Waals surface area (Å²) >= 11 is 0. The molecule has 0 aliphatic carbocycles. The highest BCUT2D eigenvalue weighted by Crippen LogP contribution is 2.32. The van der Waals surface area contributed by atoms with E-state index in [0.29, 0.717) is 24.2 Å². The van der Waals surface area contributed by atoms with E-state index in [1.165, 1.54) is 47.9 Å². The van der Waals surface area contributed by atoms with Crippen LogP contribution < -0.4 is 10.6 Å². The Kier molecular flexibility index (Phi) is 6.02. The molecule has 4 N–H and O–H groups in total. The van der Waals surface area contributed by atoms with E-state index in [9.17, 15) is 0 Å². The van der Waals surface area contributed by atoms with E-state index in [-0.39, 0.29) is 0 Å². The van der Waals surface area contributed by atoms with Crippen LogP contribution in [0.15, 0.2) is 60.7 Å². The highest BCUT2D eigenvalue weighted by Gasteiger charge is 2.27. The number of H-pyrrole nitrogens is 2. The zero-order valence-corrected chi connectivity index (χ0v) is 22.2. The van der Waals surface area contributed by atoms with E-state index in [1.807, 2.05) is 0 Å². The standard InChI is InChI=1S/C32H36N6/c1-3-23-11-15-27(33-23)31-35-25-13-9-21(17-29(25)37-31)19-5-7-20(8-6-19)22-10-14-26-30(18-22)38-32(36-26)28-16-12-24(4-2)34-28/h5-10,13-14,17-18,23-24,27-28,33-34H,3-4,11-12,15-16H2,1-2H3,(H,35,37)(H,36,38)/t23-,24-,27+,28?/m1/s1. The van der Waals surface area contributed by atoms with Gasteiger partial charge in [-0.3, -0.25) is 0 Å². The summed E-state index contributed by atoms with van der Waals surface area (Å²) in [7, 11) is 0. The lowest BCUT2D eigenvalue weighted by molar-refractivity contribution is 0.528. The van der Waals surface area contributed by atoms with E-state index < -0.39 is 0 Å². The smallest absolute Gasteiger partial charge is 0.124 e. The van der Waals surface area contributed by atoms with Gasteiger partial charge in [0.2, 0.25) is 0 Å². The molecule has 2 aliphatic heterocycles. The van der Waals surface area contributed by atoms with E-state index >= 15 is 0 Å². The highest BCUT2D eigenvalue weighted by atomic mass is 15.1. The molecule has 2 aromatic heterocycles. The van der Waals surface area contributed by atoms with Gasteiger partial charge in [-0.2, -0.15) is 0 Å². The predicted octanol–water partition coefficient (Wildman–Crippen LogP) is 7.18. The Morgan fingerprint density at radius 3 is 1.39 bits per heavy atom. The molecule has 0 amide bonds. The average molecular weight is 505 g/mol. The van der Waals surface area contributed by atoms with Gasteiger partial charge in [0.25, 0.3) is 0 Å². The minimum atomic E-state index is 0.334. The minimum absolute atomic E-state index is 0.334. The Hall–Kier alpha value is -3.48. The first-order valence-corrected chi connectivity index (χ1v) is 14.3. The third-order valence-corrected chi connectivity index (χ3v) is 8.68. The van der Waals surface area contributed by atoms with Gasteiger partial charge in [0.05, 0.1) is 34.2 Å². The Morgan fingerprint density at radius 2 is 1.00 bits per heavy atom. The highest BCUT2D eigenvalue weighted by molar-refractivity contribution is 5.84. The fraction of sp³-hybridized carbons (Fsp3) is 0.375. The van der Waals surface area contributed by atoms with Crippen LogP contribution in [0.2, 0.25) is 0 Å². The number of hydrogen-bond acceptors (Lipinski definition) is 4. The van der Waals surface area contributed by atoms with E-state index in [2.05, 4.69) is 95.1 Å². The Labute approximate surface area is 223 Å². The number of rotatable bonds is 6. The third-order valence-electron chi connectivity index (χ3n) is 8.68. The van der Waals surface area contributed by atoms with Crippen molar-refractivity contribution in [2.75, 3.05) is 0 Å². The van der Waals surface area contributed by atoms with E-state index in [1.54, 1.807) is 0 Å². The van der Waals surface area contributed by atoms with Crippen LogP contribution in [0, 0.1) is 0 Å². The maximum Gasteiger partial charge on any atom is 0.124 e. The topological polar surface area (TPSA) is 81.4 Å². The lowest BCUT2D eigenvalue weighted by Gasteiger charge is -2.09. The second-order valence-corrected chi connectivity index (χ2v) is 11.1. The maximum atomic E-state index is 4.95. The van der Waals surface area contributed by atoms with Crippen molar-refractivity contribution in [3.8, 4) is 22.3 Å². The van der Waals surface area contributed by atoms with Crippen LogP contribution in [-0.2, 0) is 0 Å². The molecule has 3 aromatic carbocycles. The molecular formula is C32H36N6. The van der Waals surface area contributed by atoms with Crippen LogP contribution in [-0.4, -0.2) is 32.0 Å². The summed E-state index contributed by atoms with van der Waals surface area (Å²) < 4.78 is 0. The lowest BCUT2D eigenvalue weighted by Crippen LogP contribution is -2.23. The molecule has 2 fully saturated rings. The number of benzene rings is 3. The van der Waals surface area contributed by atoms with Gasteiger partial charge in [-0.1, -0.05) is 50.2 Å². The first kappa shape index (κ1) is 23.6. The van der Waals surface area contributed by atoms with Crippen molar-refractivity contribution in [1.29, 1.82) is 0 Å². The van der Waals surface area contributed by atoms with Crippen LogP contribution in [0.5, 0.6) is 0 Å². The summed E-state index contributed by atoms with van der Waals surface area (Å²) in [5, 5.41) is 7.43. The second kappa shape index (κ2) is 9.68. The molecule has 2 saturated heterocycles. The molecule has 0 bridgehead atoms. The molecule has 6 heteroatoms. The monoisotopic (exact) mass is 504 g/mol. The molecular weight excluding hydrogens is 468 g/mol. The zero-order valence-electron chi connectivity index (χ0n) is 22.2. The van der Waals surface area contributed by atoms with Crippen LogP contribution in [0.25, 0.3) is 44.3 Å². The molecule has 6 nitrogen and oxygen atoms in total. The number of hydrogen-bond donors (Lipinski definition) is 4. The van der Waals surface area contributed by atoms with Crippen LogP contribution >= 0.6 is 0 Å². The number of aromatic nitrogens is 4. The van der Waals surface area contributed by atoms with Gasteiger partial charge in [-0.25, -0.2) is 9.97 Å². The van der Waals surface area contributed by atoms with Crippen LogP contribution in [0.4, 0.5) is 0 Å². The molecule has 0 spiro atoms. The zero-order chi connectivity index (χ0) is 25.6. The third kappa shape index (κ3) is 4.32. The number of aromatic amines is 2. The van der Waals surface area contributed by atoms with Crippen molar-refractivity contribution in [2.45, 2.75) is 76.5 Å². The number of nitrogens with zero attached hydrogens (tertiary/aromatic N) is 2. The quantitative estimate of drug-likeness (QED) is 0.197. The molecule has 7 rings (SSSR count). The molecule has 194 valence electrons. The first-order valence-electron chi connectivity index (χ1n) is 14.3. The lowest BCUT2D eigenvalue weighted by atomic mass is 10.00. The number of nitrogens with one attached hydrogen (secondary N) is 4. The summed E-state index contributed by atoms with van der Waals surface area (Å²) in [6, 6.07) is 23.8. The van der Waals surface area contributed by atoms with Gasteiger partial charge < -0.3 is 20.6 Å². The van der Waals surface area contributed by atoms with Gasteiger partial charge in [-0.15, -0.1) is 0 Å². The fourth-order valence-corrected chi connectivity index (χ4v) is 6.31. The van der Waals surface area contributed by atoms with Gasteiger partial charge >= 0.3 is 0 Å². The van der Waals surface area contributed by atoms with Crippen molar-refractivity contribution in [2.24, 2.45) is 0 Å². The van der Waals surface area contributed by atoms with Crippen molar-refractivity contribution < 1.29 is 0 Å². The minimum Gasteiger partial charge on any atom is -0.341 e. The van der Waals surface area contributed by atoms with Gasteiger partial charge in [0.15, 0.2) is 0 Å². The van der Waals surface area contributed by atoms with Gasteiger partial charge in [-0.05, 0) is 85.0 Å². The fourth-order valence-electron chi connectivity index (χ4n) is 6.31. The van der Waals surface area contributed by atoms with E-state index in [4.69, 9.17) is 9.97 Å². The maximum absolute atomic E-state index is 4.95. The Bertz CT molecular complexity index is 1460. The Balaban J connectivity index is 1.11. The van der Waals surface area contributed by atoms with Crippen molar-refractivity contribution >= 4 is 22.1 Å². The van der Waals surface area contributed by atoms with Gasteiger partial charge in [0, 0.05) is 12.1 Å². The summed E-state index contributed by atoms with van der Waals surface area (Å²) in [4.78, 5) is 17.0. The molecule has 0 radical (unpaired) electrons. The number of imidazole rings is 2. The SMILES string of the molecule is CC[C@@H]1CCC(c2nc3cc(-c4ccc(-c5ccc6[nH]c([C@@H]7CC[C@@H](CC)N7)nc6c5)cc4)ccc3[nH]2)N1. The molecule has 38 heavy (non-hydrogen) atoms. The van der Waals surface area contributed by atoms with Crippen LogP contribution in [0.3, 0.4) is 0 Å². The van der Waals surface area contributed by atoms with Crippen LogP contribution in [0.1, 0.15) is 76.1 Å². The Morgan fingerprint density at radius 1 is 0.579 bits per heavy atom. The summed E-state index contributed by atoms with van der Waals surface area (Å²) in [5.41, 5.74) is 9.05. The molecule has 0 saturated carbocycles. The largest absolute Gasteiger partial charge is 0.341 e. The molecule has 1 unspecified atom stereocenters. The molecule has 5 aromatic rings. The van der Waals surface area contributed by atoms with Gasteiger partial charge in [0.1, 0.15) is 11.6 Å². The predicted molar refractivity (Wildman–Crippen MR) is 155 cm³/mol. The van der Waals surface area contributed by atoms with Crippen molar-refractivity contribution in [1.82, 2.24) is 30.6 Å². The van der Waals surface area contributed by atoms with Crippen molar-refractivity contribution in [3.63, 3.8) is 0 Å².